The summed E-state index contributed by atoms with van der Waals surface area (Å²) in [6.45, 7) is 0.243. The molecule has 1 aliphatic heterocycles. The molecular formula is C20H21N3O4S2. The predicted molar refractivity (Wildman–Crippen MR) is 112 cm³/mol. The highest BCUT2D eigenvalue weighted by atomic mass is 32.2. The Kier molecular flexibility index (Phi) is 5.77. The first kappa shape index (κ1) is 19.8. The summed E-state index contributed by atoms with van der Waals surface area (Å²) in [5, 5.41) is 9.28. The van der Waals surface area contributed by atoms with Crippen LogP contribution in [0.3, 0.4) is 0 Å². The molecule has 0 N–H and O–H groups in total. The molecular weight excluding hydrogens is 410 g/mol. The molecule has 1 aliphatic rings. The van der Waals surface area contributed by atoms with E-state index in [9.17, 15) is 8.42 Å². The number of ether oxygens (including phenoxy) is 2. The van der Waals surface area contributed by atoms with Gasteiger partial charge >= 0.3 is 0 Å². The Balaban J connectivity index is 1.62. The van der Waals surface area contributed by atoms with E-state index in [4.69, 9.17) is 9.47 Å². The van der Waals surface area contributed by atoms with Crippen molar-refractivity contribution in [2.24, 2.45) is 0 Å². The Labute approximate surface area is 174 Å². The summed E-state index contributed by atoms with van der Waals surface area (Å²) in [6, 6.07) is 17.1. The van der Waals surface area contributed by atoms with Crippen molar-refractivity contribution in [2.75, 3.05) is 18.6 Å². The number of aromatic nitrogens is 3. The fraction of sp³-hybridized carbons (Fsp3) is 0.300. The van der Waals surface area contributed by atoms with Crippen LogP contribution in [0.5, 0.6) is 11.5 Å². The van der Waals surface area contributed by atoms with Crippen LogP contribution in [0.2, 0.25) is 0 Å². The molecule has 4 rings (SSSR count). The summed E-state index contributed by atoms with van der Waals surface area (Å²) >= 11 is 1.45. The third-order valence-electron chi connectivity index (χ3n) is 4.60. The number of rotatable bonds is 7. The molecule has 0 radical (unpaired) electrons. The molecule has 152 valence electrons. The number of hydrogen-bond acceptors (Lipinski definition) is 7. The second-order valence-corrected chi connectivity index (χ2v) is 10.2. The van der Waals surface area contributed by atoms with Crippen LogP contribution in [0.15, 0.2) is 59.8 Å². The van der Waals surface area contributed by atoms with Crippen molar-refractivity contribution < 1.29 is 17.9 Å². The van der Waals surface area contributed by atoms with Crippen molar-refractivity contribution in [3.05, 3.63) is 60.4 Å². The summed E-state index contributed by atoms with van der Waals surface area (Å²) in [7, 11) is -1.34. The molecule has 2 aromatic carbocycles. The highest BCUT2D eigenvalue weighted by molar-refractivity contribution is 8.01. The zero-order valence-corrected chi connectivity index (χ0v) is 17.5. The molecule has 2 heterocycles. The van der Waals surface area contributed by atoms with Crippen LogP contribution >= 0.6 is 11.8 Å². The van der Waals surface area contributed by atoms with Gasteiger partial charge in [0.2, 0.25) is 0 Å². The summed E-state index contributed by atoms with van der Waals surface area (Å²) in [5.41, 5.74) is 0.866. The summed E-state index contributed by atoms with van der Waals surface area (Å²) in [5.74, 6) is 2.53. The lowest BCUT2D eigenvalue weighted by Gasteiger charge is -2.13. The fourth-order valence-electron chi connectivity index (χ4n) is 3.13. The molecule has 1 aromatic heterocycles. The number of sulfone groups is 1. The van der Waals surface area contributed by atoms with E-state index in [-0.39, 0.29) is 23.4 Å². The number of nitrogens with zero attached hydrogens (tertiary/aromatic N) is 3. The lowest BCUT2D eigenvalue weighted by atomic mass is 10.3. The van der Waals surface area contributed by atoms with Crippen LogP contribution < -0.4 is 9.47 Å². The number of methoxy groups -OCH3 is 1. The van der Waals surface area contributed by atoms with Crippen molar-refractivity contribution in [1.29, 1.82) is 0 Å². The van der Waals surface area contributed by atoms with E-state index in [1.165, 1.54) is 11.8 Å². The first-order valence-electron chi connectivity index (χ1n) is 9.18. The Hall–Kier alpha value is -2.52. The van der Waals surface area contributed by atoms with Crippen LogP contribution in [0.4, 0.5) is 0 Å². The Bertz CT molecular complexity index is 1070. The van der Waals surface area contributed by atoms with Gasteiger partial charge in [-0.05, 0) is 42.8 Å². The molecule has 7 nitrogen and oxygen atoms in total. The minimum atomic E-state index is -2.96. The smallest absolute Gasteiger partial charge is 0.196 e. The summed E-state index contributed by atoms with van der Waals surface area (Å²) in [6.07, 6.45) is 0.623. The minimum Gasteiger partial charge on any atom is -0.497 e. The number of hydrogen-bond donors (Lipinski definition) is 0. The average Bonchev–Trinajstić information content (AvgIpc) is 3.29. The van der Waals surface area contributed by atoms with E-state index >= 15 is 0 Å². The molecule has 0 bridgehead atoms. The molecule has 0 aliphatic carbocycles. The molecule has 0 spiro atoms. The van der Waals surface area contributed by atoms with Crippen LogP contribution in [-0.2, 0) is 16.4 Å². The maximum Gasteiger partial charge on any atom is 0.196 e. The van der Waals surface area contributed by atoms with E-state index in [1.807, 2.05) is 59.2 Å². The minimum absolute atomic E-state index is 0.0240. The third-order valence-corrected chi connectivity index (χ3v) is 7.79. The molecule has 1 atom stereocenters. The van der Waals surface area contributed by atoms with Gasteiger partial charge in [0.05, 0.1) is 18.6 Å². The van der Waals surface area contributed by atoms with E-state index in [0.717, 1.165) is 17.2 Å². The summed E-state index contributed by atoms with van der Waals surface area (Å²) < 4.78 is 36.7. The molecule has 9 heteroatoms. The second-order valence-electron chi connectivity index (χ2n) is 6.68. The largest absolute Gasteiger partial charge is 0.497 e. The monoisotopic (exact) mass is 431 g/mol. The zero-order valence-electron chi connectivity index (χ0n) is 15.9. The molecule has 1 fully saturated rings. The Morgan fingerprint density at radius 3 is 2.48 bits per heavy atom. The zero-order chi connectivity index (χ0) is 20.3. The second kappa shape index (κ2) is 8.46. The van der Waals surface area contributed by atoms with Crippen LogP contribution in [0, 0.1) is 0 Å². The first-order valence-corrected chi connectivity index (χ1v) is 11.9. The van der Waals surface area contributed by atoms with Crippen molar-refractivity contribution in [3.8, 4) is 17.2 Å². The predicted octanol–water partition coefficient (Wildman–Crippen LogP) is 3.13. The van der Waals surface area contributed by atoms with E-state index < -0.39 is 9.84 Å². The van der Waals surface area contributed by atoms with Gasteiger partial charge in [0.15, 0.2) is 20.8 Å². The fourth-order valence-corrected chi connectivity index (χ4v) is 6.65. The molecule has 1 saturated heterocycles. The quantitative estimate of drug-likeness (QED) is 0.568. The van der Waals surface area contributed by atoms with Gasteiger partial charge < -0.3 is 9.47 Å². The van der Waals surface area contributed by atoms with Crippen LogP contribution in [-0.4, -0.2) is 47.0 Å². The highest BCUT2D eigenvalue weighted by Crippen LogP contribution is 2.32. The standard InChI is InChI=1S/C20H21N3O4S2/c1-26-16-9-7-15(8-10-16)23-19(13-27-17-5-3-2-4-6-17)21-22-20(23)28-18-11-12-29(24,25)14-18/h2-10,18H,11-14H2,1H3. The van der Waals surface area contributed by atoms with Gasteiger partial charge in [0.1, 0.15) is 18.1 Å². The number of thioether (sulfide) groups is 1. The lowest BCUT2D eigenvalue weighted by molar-refractivity contribution is 0.293. The number of para-hydroxylation sites is 1. The van der Waals surface area contributed by atoms with Gasteiger partial charge in [-0.3, -0.25) is 4.57 Å². The van der Waals surface area contributed by atoms with Gasteiger partial charge in [0.25, 0.3) is 0 Å². The maximum atomic E-state index is 11.8. The maximum absolute atomic E-state index is 11.8. The van der Waals surface area contributed by atoms with Gasteiger partial charge in [-0.1, -0.05) is 30.0 Å². The SMILES string of the molecule is COc1ccc(-n2c(COc3ccccc3)nnc2SC2CCS(=O)(=O)C2)cc1. The molecule has 0 amide bonds. The van der Waals surface area contributed by atoms with E-state index in [1.54, 1.807) is 7.11 Å². The van der Waals surface area contributed by atoms with Gasteiger partial charge in [0, 0.05) is 10.9 Å². The Morgan fingerprint density at radius 1 is 1.07 bits per heavy atom. The first-order chi connectivity index (χ1) is 14.0. The van der Waals surface area contributed by atoms with Crippen molar-refractivity contribution >= 4 is 21.6 Å². The Morgan fingerprint density at radius 2 is 1.83 bits per heavy atom. The lowest BCUT2D eigenvalue weighted by Crippen LogP contribution is -2.10. The number of benzene rings is 2. The third kappa shape index (κ3) is 4.73. The van der Waals surface area contributed by atoms with Gasteiger partial charge in [-0.25, -0.2) is 8.42 Å². The average molecular weight is 432 g/mol. The summed E-state index contributed by atoms with van der Waals surface area (Å²) in [4.78, 5) is 0. The van der Waals surface area contributed by atoms with Crippen LogP contribution in [0.25, 0.3) is 5.69 Å². The van der Waals surface area contributed by atoms with E-state index in [0.29, 0.717) is 17.4 Å². The van der Waals surface area contributed by atoms with Crippen molar-refractivity contribution in [2.45, 2.75) is 23.4 Å². The van der Waals surface area contributed by atoms with Gasteiger partial charge in [-0.2, -0.15) is 0 Å². The van der Waals surface area contributed by atoms with Gasteiger partial charge in [-0.15, -0.1) is 10.2 Å². The molecule has 0 saturated carbocycles. The topological polar surface area (TPSA) is 83.3 Å². The molecule has 3 aromatic rings. The highest BCUT2D eigenvalue weighted by Gasteiger charge is 2.30. The van der Waals surface area contributed by atoms with Crippen molar-refractivity contribution in [3.63, 3.8) is 0 Å². The van der Waals surface area contributed by atoms with Crippen LogP contribution in [0.1, 0.15) is 12.2 Å². The van der Waals surface area contributed by atoms with Crippen molar-refractivity contribution in [1.82, 2.24) is 14.8 Å². The molecule has 1 unspecified atom stereocenters. The molecule has 29 heavy (non-hydrogen) atoms. The van der Waals surface area contributed by atoms with E-state index in [2.05, 4.69) is 10.2 Å². The normalized spacial score (nSPS) is 17.9.